The molecule has 0 spiro atoms. The maximum absolute atomic E-state index is 14.0. The molecular formula is C20H18F2N2O4S2. The van der Waals surface area contributed by atoms with Gasteiger partial charge < -0.3 is 0 Å². The highest BCUT2D eigenvalue weighted by atomic mass is 32.2. The third-order valence-electron chi connectivity index (χ3n) is 5.07. The topological polar surface area (TPSA) is 74.8 Å². The second-order valence-corrected chi connectivity index (χ2v) is 10.7. The van der Waals surface area contributed by atoms with Crippen LogP contribution in [-0.2, 0) is 20.0 Å². The second-order valence-electron chi connectivity index (χ2n) is 6.89. The van der Waals surface area contributed by atoms with Gasteiger partial charge in [0, 0.05) is 26.2 Å². The van der Waals surface area contributed by atoms with E-state index < -0.39 is 36.6 Å². The van der Waals surface area contributed by atoms with Gasteiger partial charge in [-0.25, -0.2) is 25.6 Å². The molecule has 0 bridgehead atoms. The first-order chi connectivity index (χ1) is 14.2. The largest absolute Gasteiger partial charge is 0.246 e. The predicted octanol–water partition coefficient (Wildman–Crippen LogP) is 2.81. The number of halogens is 2. The van der Waals surface area contributed by atoms with E-state index in [1.807, 2.05) is 24.3 Å². The molecule has 30 heavy (non-hydrogen) atoms. The van der Waals surface area contributed by atoms with E-state index in [9.17, 15) is 25.6 Å². The molecule has 1 fully saturated rings. The fraction of sp³-hybridized carbons (Fsp3) is 0.200. The van der Waals surface area contributed by atoms with Gasteiger partial charge in [0.25, 0.3) is 0 Å². The molecule has 0 saturated carbocycles. The normalized spacial score (nSPS) is 16.7. The second kappa shape index (κ2) is 7.69. The summed E-state index contributed by atoms with van der Waals surface area (Å²) in [6.45, 7) is -0.507. The zero-order chi connectivity index (χ0) is 21.5. The molecule has 1 saturated heterocycles. The summed E-state index contributed by atoms with van der Waals surface area (Å²) in [4.78, 5) is -0.637. The predicted molar refractivity (Wildman–Crippen MR) is 108 cm³/mol. The lowest BCUT2D eigenvalue weighted by Gasteiger charge is -2.33. The van der Waals surface area contributed by atoms with E-state index in [2.05, 4.69) is 0 Å². The number of fused-ring (bicyclic) bond motifs is 1. The zero-order valence-electron chi connectivity index (χ0n) is 15.7. The molecular weight excluding hydrogens is 434 g/mol. The van der Waals surface area contributed by atoms with Gasteiger partial charge in [0.05, 0.1) is 4.90 Å². The van der Waals surface area contributed by atoms with E-state index in [1.54, 1.807) is 12.1 Å². The Kier molecular flexibility index (Phi) is 5.35. The van der Waals surface area contributed by atoms with E-state index in [0.29, 0.717) is 6.07 Å². The molecule has 0 amide bonds. The number of rotatable bonds is 4. The standard InChI is InChI=1S/C20H18F2N2O4S2/c21-17-6-8-19(22)20(14-17)30(27,28)24-11-9-23(10-12-24)29(25,26)18-7-5-15-3-1-2-4-16(15)13-18/h1-8,13-14H,9-12H2. The molecule has 158 valence electrons. The quantitative estimate of drug-likeness (QED) is 0.610. The van der Waals surface area contributed by atoms with Crippen molar-refractivity contribution in [3.63, 3.8) is 0 Å². The van der Waals surface area contributed by atoms with Gasteiger partial charge in [0.2, 0.25) is 20.0 Å². The molecule has 0 aromatic heterocycles. The lowest BCUT2D eigenvalue weighted by atomic mass is 10.1. The van der Waals surface area contributed by atoms with Crippen molar-refractivity contribution < 1.29 is 25.6 Å². The van der Waals surface area contributed by atoms with Crippen molar-refractivity contribution in [3.05, 3.63) is 72.3 Å². The van der Waals surface area contributed by atoms with Gasteiger partial charge in [-0.1, -0.05) is 30.3 Å². The van der Waals surface area contributed by atoms with Crippen LogP contribution in [0.2, 0.25) is 0 Å². The summed E-state index contributed by atoms with van der Waals surface area (Å²) in [6.07, 6.45) is 0. The number of hydrogen-bond donors (Lipinski definition) is 0. The molecule has 0 unspecified atom stereocenters. The van der Waals surface area contributed by atoms with Gasteiger partial charge in [-0.15, -0.1) is 0 Å². The van der Waals surface area contributed by atoms with Crippen LogP contribution in [0.1, 0.15) is 0 Å². The monoisotopic (exact) mass is 452 g/mol. The third-order valence-corrected chi connectivity index (χ3v) is 8.88. The molecule has 0 radical (unpaired) electrons. The number of piperazine rings is 1. The van der Waals surface area contributed by atoms with Crippen LogP contribution in [0.4, 0.5) is 8.78 Å². The van der Waals surface area contributed by atoms with E-state index in [0.717, 1.165) is 27.2 Å². The van der Waals surface area contributed by atoms with Gasteiger partial charge >= 0.3 is 0 Å². The fourth-order valence-corrected chi connectivity index (χ4v) is 6.40. The Hall–Kier alpha value is -2.40. The first-order valence-corrected chi connectivity index (χ1v) is 12.0. The Morgan fingerprint density at radius 3 is 1.93 bits per heavy atom. The van der Waals surface area contributed by atoms with Crippen molar-refractivity contribution in [2.45, 2.75) is 9.79 Å². The highest BCUT2D eigenvalue weighted by molar-refractivity contribution is 7.89. The van der Waals surface area contributed by atoms with Gasteiger partial charge in [-0.3, -0.25) is 0 Å². The minimum atomic E-state index is -4.28. The molecule has 0 aliphatic carbocycles. The Morgan fingerprint density at radius 1 is 0.667 bits per heavy atom. The van der Waals surface area contributed by atoms with Crippen LogP contribution in [0.25, 0.3) is 10.8 Å². The number of nitrogens with zero attached hydrogens (tertiary/aromatic N) is 2. The van der Waals surface area contributed by atoms with Crippen LogP contribution in [0, 0.1) is 11.6 Å². The Labute approximate surface area is 173 Å². The summed E-state index contributed by atoms with van der Waals surface area (Å²) in [5.74, 6) is -1.92. The summed E-state index contributed by atoms with van der Waals surface area (Å²) in [5.41, 5.74) is 0. The van der Waals surface area contributed by atoms with E-state index in [1.165, 1.54) is 10.4 Å². The minimum absolute atomic E-state index is 0.0919. The van der Waals surface area contributed by atoms with Crippen molar-refractivity contribution >= 4 is 30.8 Å². The van der Waals surface area contributed by atoms with E-state index >= 15 is 0 Å². The number of hydrogen-bond acceptors (Lipinski definition) is 4. The lowest BCUT2D eigenvalue weighted by Crippen LogP contribution is -2.50. The highest BCUT2D eigenvalue weighted by Gasteiger charge is 2.35. The summed E-state index contributed by atoms with van der Waals surface area (Å²) < 4.78 is 80.9. The molecule has 6 nitrogen and oxygen atoms in total. The van der Waals surface area contributed by atoms with Crippen LogP contribution in [0.3, 0.4) is 0 Å². The minimum Gasteiger partial charge on any atom is -0.207 e. The fourth-order valence-electron chi connectivity index (χ4n) is 3.44. The van der Waals surface area contributed by atoms with Crippen molar-refractivity contribution in [1.29, 1.82) is 0 Å². The molecule has 3 aromatic rings. The third kappa shape index (κ3) is 3.71. The Bertz CT molecular complexity index is 1320. The summed E-state index contributed by atoms with van der Waals surface area (Å²) in [6, 6.07) is 14.4. The molecule has 0 atom stereocenters. The average molecular weight is 453 g/mol. The molecule has 1 aliphatic heterocycles. The lowest BCUT2D eigenvalue weighted by molar-refractivity contribution is 0.272. The first kappa shape index (κ1) is 20.9. The SMILES string of the molecule is O=S(=O)(c1ccc2ccccc2c1)N1CCN(S(=O)(=O)c2cc(F)ccc2F)CC1. The Balaban J connectivity index is 1.55. The average Bonchev–Trinajstić information content (AvgIpc) is 2.75. The van der Waals surface area contributed by atoms with Gasteiger partial charge in [0.15, 0.2) is 0 Å². The molecule has 3 aromatic carbocycles. The van der Waals surface area contributed by atoms with Crippen molar-refractivity contribution in [1.82, 2.24) is 8.61 Å². The van der Waals surface area contributed by atoms with E-state index in [4.69, 9.17) is 0 Å². The van der Waals surface area contributed by atoms with Gasteiger partial charge in [0.1, 0.15) is 16.5 Å². The van der Waals surface area contributed by atoms with Crippen molar-refractivity contribution in [3.8, 4) is 0 Å². The van der Waals surface area contributed by atoms with Gasteiger partial charge in [-0.2, -0.15) is 8.61 Å². The van der Waals surface area contributed by atoms with E-state index in [-0.39, 0.29) is 31.1 Å². The first-order valence-electron chi connectivity index (χ1n) is 9.14. The van der Waals surface area contributed by atoms with Crippen LogP contribution in [0.5, 0.6) is 0 Å². The maximum atomic E-state index is 14.0. The summed E-state index contributed by atoms with van der Waals surface area (Å²) in [5, 5.41) is 1.69. The Morgan fingerprint density at radius 2 is 1.27 bits per heavy atom. The highest BCUT2D eigenvalue weighted by Crippen LogP contribution is 2.25. The number of sulfonamides is 2. The molecule has 10 heteroatoms. The summed E-state index contributed by atoms with van der Waals surface area (Å²) in [7, 11) is -8.10. The smallest absolute Gasteiger partial charge is 0.207 e. The summed E-state index contributed by atoms with van der Waals surface area (Å²) >= 11 is 0. The van der Waals surface area contributed by atoms with Crippen LogP contribution in [-0.4, -0.2) is 51.6 Å². The van der Waals surface area contributed by atoms with Gasteiger partial charge in [-0.05, 0) is 41.1 Å². The van der Waals surface area contributed by atoms with Crippen molar-refractivity contribution in [2.75, 3.05) is 26.2 Å². The number of benzene rings is 3. The maximum Gasteiger partial charge on any atom is 0.246 e. The van der Waals surface area contributed by atoms with Crippen LogP contribution in [0.15, 0.2) is 70.5 Å². The molecule has 1 aliphatic rings. The van der Waals surface area contributed by atoms with Crippen molar-refractivity contribution in [2.24, 2.45) is 0 Å². The molecule has 0 N–H and O–H groups in total. The zero-order valence-corrected chi connectivity index (χ0v) is 17.3. The van der Waals surface area contributed by atoms with Crippen LogP contribution < -0.4 is 0 Å². The van der Waals surface area contributed by atoms with Crippen LogP contribution >= 0.6 is 0 Å². The molecule has 4 rings (SSSR count). The molecule has 1 heterocycles.